The van der Waals surface area contributed by atoms with Crippen molar-refractivity contribution in [1.29, 1.82) is 0 Å². The standard InChI is InChI=1S/C11H8F4N2O3/c12-8-3-6(18)1-2-7(8)10-16-9(17-20-10)4-19-5-11(13,14)15/h1-3,18H,4-5H2. The summed E-state index contributed by atoms with van der Waals surface area (Å²) < 4.78 is 58.1. The van der Waals surface area contributed by atoms with Crippen LogP contribution >= 0.6 is 0 Å². The number of rotatable bonds is 4. The summed E-state index contributed by atoms with van der Waals surface area (Å²) in [5.41, 5.74) is -0.0719. The van der Waals surface area contributed by atoms with Crippen LogP contribution in [-0.4, -0.2) is 28.0 Å². The molecule has 0 aliphatic carbocycles. The normalized spacial score (nSPS) is 11.8. The monoisotopic (exact) mass is 292 g/mol. The molecule has 1 aromatic heterocycles. The van der Waals surface area contributed by atoms with Gasteiger partial charge in [0.2, 0.25) is 0 Å². The van der Waals surface area contributed by atoms with Gasteiger partial charge in [-0.05, 0) is 12.1 Å². The Morgan fingerprint density at radius 1 is 1.30 bits per heavy atom. The summed E-state index contributed by atoms with van der Waals surface area (Å²) >= 11 is 0. The summed E-state index contributed by atoms with van der Waals surface area (Å²) in [6.07, 6.45) is -4.45. The minimum absolute atomic E-state index is 0.0719. The zero-order chi connectivity index (χ0) is 14.8. The predicted molar refractivity (Wildman–Crippen MR) is 57.1 cm³/mol. The van der Waals surface area contributed by atoms with E-state index in [1.165, 1.54) is 12.1 Å². The lowest BCUT2D eigenvalue weighted by atomic mass is 10.2. The lowest BCUT2D eigenvalue weighted by Gasteiger charge is -2.04. The van der Waals surface area contributed by atoms with Crippen LogP contribution in [0.2, 0.25) is 0 Å². The maximum absolute atomic E-state index is 13.5. The third-order valence-corrected chi connectivity index (χ3v) is 2.15. The van der Waals surface area contributed by atoms with Crippen molar-refractivity contribution in [3.8, 4) is 17.2 Å². The summed E-state index contributed by atoms with van der Waals surface area (Å²) in [5, 5.41) is 12.4. The van der Waals surface area contributed by atoms with E-state index in [4.69, 9.17) is 9.63 Å². The molecule has 20 heavy (non-hydrogen) atoms. The molecule has 0 amide bonds. The van der Waals surface area contributed by atoms with Crippen LogP contribution in [0.3, 0.4) is 0 Å². The van der Waals surface area contributed by atoms with Crippen molar-refractivity contribution in [1.82, 2.24) is 10.1 Å². The van der Waals surface area contributed by atoms with Gasteiger partial charge in [-0.1, -0.05) is 5.16 Å². The van der Waals surface area contributed by atoms with Crippen LogP contribution in [0.5, 0.6) is 5.75 Å². The van der Waals surface area contributed by atoms with Crippen LogP contribution in [0.25, 0.3) is 11.5 Å². The van der Waals surface area contributed by atoms with Crippen LogP contribution in [0.15, 0.2) is 22.7 Å². The fourth-order valence-electron chi connectivity index (χ4n) is 1.36. The number of aromatic nitrogens is 2. The maximum Gasteiger partial charge on any atom is 0.411 e. The Morgan fingerprint density at radius 3 is 2.70 bits per heavy atom. The van der Waals surface area contributed by atoms with Gasteiger partial charge in [-0.15, -0.1) is 0 Å². The third-order valence-electron chi connectivity index (χ3n) is 2.15. The van der Waals surface area contributed by atoms with Crippen molar-refractivity contribution in [2.75, 3.05) is 6.61 Å². The van der Waals surface area contributed by atoms with Gasteiger partial charge in [-0.25, -0.2) is 4.39 Å². The van der Waals surface area contributed by atoms with Crippen molar-refractivity contribution < 1.29 is 31.9 Å². The second-order valence-electron chi connectivity index (χ2n) is 3.79. The second-order valence-corrected chi connectivity index (χ2v) is 3.79. The lowest BCUT2D eigenvalue weighted by Crippen LogP contribution is -2.16. The molecule has 0 aliphatic rings. The Bertz CT molecular complexity index is 598. The molecular weight excluding hydrogens is 284 g/mol. The average Bonchev–Trinajstić information content (AvgIpc) is 2.75. The molecule has 2 rings (SSSR count). The molecule has 0 bridgehead atoms. The first-order valence-corrected chi connectivity index (χ1v) is 5.31. The molecule has 0 unspecified atom stereocenters. The van der Waals surface area contributed by atoms with Crippen LogP contribution in [0, 0.1) is 5.82 Å². The predicted octanol–water partition coefficient (Wildman–Crippen LogP) is 2.66. The van der Waals surface area contributed by atoms with Gasteiger partial charge in [-0.3, -0.25) is 0 Å². The van der Waals surface area contributed by atoms with E-state index in [1.54, 1.807) is 0 Å². The Morgan fingerprint density at radius 2 is 2.05 bits per heavy atom. The van der Waals surface area contributed by atoms with Gasteiger partial charge in [0, 0.05) is 6.07 Å². The molecule has 1 heterocycles. The lowest BCUT2D eigenvalue weighted by molar-refractivity contribution is -0.177. The topological polar surface area (TPSA) is 68.4 Å². The van der Waals surface area contributed by atoms with Gasteiger partial charge in [0.25, 0.3) is 5.89 Å². The van der Waals surface area contributed by atoms with E-state index in [-0.39, 0.29) is 23.0 Å². The van der Waals surface area contributed by atoms with Gasteiger partial charge in [0.1, 0.15) is 24.8 Å². The first-order valence-electron chi connectivity index (χ1n) is 5.31. The molecule has 2 aromatic rings. The number of hydrogen-bond donors (Lipinski definition) is 1. The molecule has 1 aromatic carbocycles. The SMILES string of the molecule is Oc1ccc(-c2nc(COCC(F)(F)F)no2)c(F)c1. The minimum Gasteiger partial charge on any atom is -0.508 e. The highest BCUT2D eigenvalue weighted by Gasteiger charge is 2.27. The van der Waals surface area contributed by atoms with E-state index in [0.29, 0.717) is 0 Å². The van der Waals surface area contributed by atoms with Crippen LogP contribution in [-0.2, 0) is 11.3 Å². The highest BCUT2D eigenvalue weighted by atomic mass is 19.4. The van der Waals surface area contributed by atoms with Crippen molar-refractivity contribution in [3.05, 3.63) is 29.8 Å². The molecule has 5 nitrogen and oxygen atoms in total. The molecular formula is C11H8F4N2O3. The highest BCUT2D eigenvalue weighted by Crippen LogP contribution is 2.24. The Balaban J connectivity index is 2.05. The van der Waals surface area contributed by atoms with Crippen molar-refractivity contribution >= 4 is 0 Å². The van der Waals surface area contributed by atoms with E-state index in [2.05, 4.69) is 14.9 Å². The molecule has 0 atom stereocenters. The first kappa shape index (κ1) is 14.3. The number of hydrogen-bond acceptors (Lipinski definition) is 5. The van der Waals surface area contributed by atoms with Crippen molar-refractivity contribution in [3.63, 3.8) is 0 Å². The van der Waals surface area contributed by atoms with E-state index in [0.717, 1.165) is 6.07 Å². The molecule has 0 spiro atoms. The van der Waals surface area contributed by atoms with Crippen LogP contribution in [0.1, 0.15) is 5.82 Å². The van der Waals surface area contributed by atoms with Gasteiger partial charge in [0.15, 0.2) is 5.82 Å². The van der Waals surface area contributed by atoms with E-state index in [9.17, 15) is 17.6 Å². The molecule has 0 fully saturated rings. The summed E-state index contributed by atoms with van der Waals surface area (Å²) in [7, 11) is 0. The van der Waals surface area contributed by atoms with Crippen LogP contribution < -0.4 is 0 Å². The first-order chi connectivity index (χ1) is 9.35. The number of nitrogens with zero attached hydrogens (tertiary/aromatic N) is 2. The summed E-state index contributed by atoms with van der Waals surface area (Å²) in [6.45, 7) is -1.95. The smallest absolute Gasteiger partial charge is 0.411 e. The largest absolute Gasteiger partial charge is 0.508 e. The molecule has 0 aliphatic heterocycles. The maximum atomic E-state index is 13.5. The molecule has 0 radical (unpaired) electrons. The molecule has 9 heteroatoms. The zero-order valence-corrected chi connectivity index (χ0v) is 9.82. The number of phenolic OH excluding ortho intramolecular Hbond substituents is 1. The summed E-state index contributed by atoms with van der Waals surface area (Å²) in [6, 6.07) is 3.26. The fourth-order valence-corrected chi connectivity index (χ4v) is 1.36. The number of ether oxygens (including phenoxy) is 1. The zero-order valence-electron chi connectivity index (χ0n) is 9.82. The number of halogens is 4. The average molecular weight is 292 g/mol. The van der Waals surface area contributed by atoms with Gasteiger partial charge in [0.05, 0.1) is 5.56 Å². The summed E-state index contributed by atoms with van der Waals surface area (Å²) in [5.74, 6) is -1.43. The molecule has 1 N–H and O–H groups in total. The van der Waals surface area contributed by atoms with E-state index in [1.807, 2.05) is 0 Å². The number of benzene rings is 1. The summed E-state index contributed by atoms with van der Waals surface area (Å²) in [4.78, 5) is 3.70. The Kier molecular flexibility index (Phi) is 3.89. The molecule has 0 saturated heterocycles. The van der Waals surface area contributed by atoms with Gasteiger partial charge in [-0.2, -0.15) is 18.2 Å². The number of aromatic hydroxyl groups is 1. The minimum atomic E-state index is -4.45. The number of alkyl halides is 3. The third kappa shape index (κ3) is 3.67. The second kappa shape index (κ2) is 5.45. The Hall–Kier alpha value is -2.16. The van der Waals surface area contributed by atoms with Gasteiger partial charge >= 0.3 is 6.18 Å². The fraction of sp³-hybridized carbons (Fsp3) is 0.273. The van der Waals surface area contributed by atoms with E-state index < -0.39 is 25.2 Å². The Labute approximate surface area is 109 Å². The highest BCUT2D eigenvalue weighted by molar-refractivity contribution is 5.55. The molecule has 0 saturated carbocycles. The van der Waals surface area contributed by atoms with E-state index >= 15 is 0 Å². The van der Waals surface area contributed by atoms with Crippen molar-refractivity contribution in [2.45, 2.75) is 12.8 Å². The van der Waals surface area contributed by atoms with Crippen molar-refractivity contribution in [2.24, 2.45) is 0 Å². The van der Waals surface area contributed by atoms with Crippen LogP contribution in [0.4, 0.5) is 17.6 Å². The van der Waals surface area contributed by atoms with Gasteiger partial charge < -0.3 is 14.4 Å². The molecule has 108 valence electrons. The number of phenols is 1. The quantitative estimate of drug-likeness (QED) is 0.877.